The summed E-state index contributed by atoms with van der Waals surface area (Å²) in [5, 5.41) is 7.78. The Labute approximate surface area is 335 Å². The number of nitrogens with zero attached hydrogens (tertiary/aromatic N) is 4. The number of thiophene rings is 2. The maximum Gasteiger partial charge on any atom is 0.164 e. The maximum absolute atomic E-state index is 5.10. The van der Waals surface area contributed by atoms with Crippen LogP contribution in [0, 0.1) is 0 Å². The van der Waals surface area contributed by atoms with Gasteiger partial charge in [-0.15, -0.1) is 22.7 Å². The highest BCUT2D eigenvalue weighted by atomic mass is 32.1. The maximum atomic E-state index is 5.10. The van der Waals surface area contributed by atoms with Crippen LogP contribution in [-0.4, -0.2) is 19.5 Å². The largest absolute Gasteiger partial charge is 0.309 e. The van der Waals surface area contributed by atoms with Crippen molar-refractivity contribution in [2.75, 3.05) is 0 Å². The monoisotopic (exact) mass is 762 g/mol. The van der Waals surface area contributed by atoms with Gasteiger partial charge in [-0.25, -0.2) is 15.0 Å². The summed E-state index contributed by atoms with van der Waals surface area (Å²) < 4.78 is 7.63. The number of hydrogen-bond donors (Lipinski definition) is 0. The molecule has 0 aliphatic heterocycles. The van der Waals surface area contributed by atoms with Crippen molar-refractivity contribution in [3.05, 3.63) is 182 Å². The van der Waals surface area contributed by atoms with E-state index in [0.29, 0.717) is 17.5 Å². The summed E-state index contributed by atoms with van der Waals surface area (Å²) in [7, 11) is 0. The quantitative estimate of drug-likeness (QED) is 0.175. The molecule has 0 fully saturated rings. The average Bonchev–Trinajstić information content (AvgIpc) is 3.96. The molecule has 0 spiro atoms. The van der Waals surface area contributed by atoms with Crippen LogP contribution in [0.5, 0.6) is 0 Å². The SMILES string of the molecule is c1ccc(-c2nc(-c3ccc(-c4cccc5c4sc4ccccc45)cc3)nc(-c3ccc(-n4c5ccccc5c5c6sc7ccccc7c6ccc54)cc3)n2)cc1. The van der Waals surface area contributed by atoms with Gasteiger partial charge in [-0.3, -0.25) is 0 Å². The van der Waals surface area contributed by atoms with E-state index in [1.165, 1.54) is 73.3 Å². The summed E-state index contributed by atoms with van der Waals surface area (Å²) in [5.74, 6) is 1.93. The molecule has 57 heavy (non-hydrogen) atoms. The molecule has 8 aromatic carbocycles. The van der Waals surface area contributed by atoms with E-state index >= 15 is 0 Å². The summed E-state index contributed by atoms with van der Waals surface area (Å²) in [6.07, 6.45) is 0. The molecule has 0 unspecified atom stereocenters. The topological polar surface area (TPSA) is 43.6 Å². The molecule has 4 heterocycles. The number of para-hydroxylation sites is 1. The normalized spacial score (nSPS) is 11.9. The fourth-order valence-electron chi connectivity index (χ4n) is 8.40. The fourth-order valence-corrected chi connectivity index (χ4v) is 10.9. The third-order valence-electron chi connectivity index (χ3n) is 11.1. The van der Waals surface area contributed by atoms with Crippen molar-refractivity contribution in [1.82, 2.24) is 19.5 Å². The molecule has 0 aliphatic rings. The molecule has 12 aromatic rings. The Kier molecular flexibility index (Phi) is 7.24. The molecule has 0 amide bonds. The molecule has 0 saturated heterocycles. The Morgan fingerprint density at radius 2 is 0.842 bits per heavy atom. The zero-order chi connectivity index (χ0) is 37.5. The van der Waals surface area contributed by atoms with Crippen molar-refractivity contribution in [3.8, 4) is 51.0 Å². The second kappa shape index (κ2) is 12.8. The molecular weight excluding hydrogens is 733 g/mol. The summed E-state index contributed by atoms with van der Waals surface area (Å²) >= 11 is 3.73. The zero-order valence-electron chi connectivity index (χ0n) is 30.4. The molecule has 0 atom stereocenters. The number of fused-ring (bicyclic) bond motifs is 10. The van der Waals surface area contributed by atoms with E-state index in [2.05, 4.69) is 168 Å². The van der Waals surface area contributed by atoms with Gasteiger partial charge in [-0.05, 0) is 59.7 Å². The fraction of sp³-hybridized carbons (Fsp3) is 0. The highest BCUT2D eigenvalue weighted by Gasteiger charge is 2.19. The van der Waals surface area contributed by atoms with Gasteiger partial charge in [-0.1, -0.05) is 133 Å². The Hall–Kier alpha value is -6.99. The molecule has 0 bridgehead atoms. The first kappa shape index (κ1) is 32.3. The molecule has 0 aliphatic carbocycles. The molecule has 0 saturated carbocycles. The second-order valence-electron chi connectivity index (χ2n) is 14.4. The highest BCUT2D eigenvalue weighted by molar-refractivity contribution is 7.27. The van der Waals surface area contributed by atoms with Gasteiger partial charge in [0.15, 0.2) is 17.5 Å². The Bertz CT molecular complexity index is 3510. The molecule has 4 nitrogen and oxygen atoms in total. The lowest BCUT2D eigenvalue weighted by atomic mass is 10.0. The zero-order valence-corrected chi connectivity index (χ0v) is 32.1. The molecular formula is C51H30N4S2. The van der Waals surface area contributed by atoms with Crippen molar-refractivity contribution in [2.24, 2.45) is 0 Å². The van der Waals surface area contributed by atoms with Crippen LogP contribution in [0.3, 0.4) is 0 Å². The van der Waals surface area contributed by atoms with E-state index in [4.69, 9.17) is 15.0 Å². The van der Waals surface area contributed by atoms with Crippen molar-refractivity contribution in [3.63, 3.8) is 0 Å². The van der Waals surface area contributed by atoms with Gasteiger partial charge in [0.25, 0.3) is 0 Å². The van der Waals surface area contributed by atoms with Gasteiger partial charge < -0.3 is 4.57 Å². The molecule has 12 rings (SSSR count). The highest BCUT2D eigenvalue weighted by Crippen LogP contribution is 2.44. The van der Waals surface area contributed by atoms with Crippen LogP contribution in [0.15, 0.2) is 182 Å². The van der Waals surface area contributed by atoms with Gasteiger partial charge in [0.1, 0.15) is 0 Å². The van der Waals surface area contributed by atoms with Gasteiger partial charge in [0, 0.05) is 73.5 Å². The lowest BCUT2D eigenvalue weighted by Gasteiger charge is -2.11. The van der Waals surface area contributed by atoms with Crippen molar-refractivity contribution in [1.29, 1.82) is 0 Å². The lowest BCUT2D eigenvalue weighted by Crippen LogP contribution is -2.00. The molecule has 0 radical (unpaired) electrons. The molecule has 266 valence electrons. The minimum Gasteiger partial charge on any atom is -0.309 e. The van der Waals surface area contributed by atoms with Crippen molar-refractivity contribution >= 4 is 84.8 Å². The molecule has 0 N–H and O–H groups in total. The molecule has 6 heteroatoms. The summed E-state index contributed by atoms with van der Waals surface area (Å²) in [5.41, 5.74) is 8.70. The van der Waals surface area contributed by atoms with Gasteiger partial charge in [0.05, 0.1) is 11.0 Å². The Morgan fingerprint density at radius 1 is 0.333 bits per heavy atom. The van der Waals surface area contributed by atoms with Crippen LogP contribution in [-0.2, 0) is 0 Å². The second-order valence-corrected chi connectivity index (χ2v) is 16.5. The van der Waals surface area contributed by atoms with Gasteiger partial charge in [0.2, 0.25) is 0 Å². The van der Waals surface area contributed by atoms with E-state index in [0.717, 1.165) is 22.4 Å². The third-order valence-corrected chi connectivity index (χ3v) is 13.5. The van der Waals surface area contributed by atoms with Crippen LogP contribution >= 0.6 is 22.7 Å². The van der Waals surface area contributed by atoms with E-state index in [1.54, 1.807) is 0 Å². The van der Waals surface area contributed by atoms with Crippen molar-refractivity contribution in [2.45, 2.75) is 0 Å². The minimum atomic E-state index is 0.638. The third kappa shape index (κ3) is 5.15. The first-order valence-electron chi connectivity index (χ1n) is 19.0. The van der Waals surface area contributed by atoms with Crippen molar-refractivity contribution < 1.29 is 0 Å². The van der Waals surface area contributed by atoms with E-state index in [1.807, 2.05) is 40.9 Å². The van der Waals surface area contributed by atoms with E-state index in [-0.39, 0.29) is 0 Å². The average molecular weight is 763 g/mol. The van der Waals surface area contributed by atoms with E-state index < -0.39 is 0 Å². The Morgan fingerprint density at radius 3 is 1.53 bits per heavy atom. The summed E-state index contributed by atoms with van der Waals surface area (Å²) in [6, 6.07) is 64.7. The summed E-state index contributed by atoms with van der Waals surface area (Å²) in [4.78, 5) is 15.2. The first-order valence-corrected chi connectivity index (χ1v) is 20.7. The predicted octanol–water partition coefficient (Wildman–Crippen LogP) is 14.4. The minimum absolute atomic E-state index is 0.638. The van der Waals surface area contributed by atoms with Gasteiger partial charge in [-0.2, -0.15) is 0 Å². The van der Waals surface area contributed by atoms with Crippen LogP contribution in [0.4, 0.5) is 0 Å². The molecule has 4 aromatic heterocycles. The lowest BCUT2D eigenvalue weighted by molar-refractivity contribution is 1.07. The van der Waals surface area contributed by atoms with Crippen LogP contribution < -0.4 is 0 Å². The van der Waals surface area contributed by atoms with Crippen LogP contribution in [0.1, 0.15) is 0 Å². The van der Waals surface area contributed by atoms with Gasteiger partial charge >= 0.3 is 0 Å². The van der Waals surface area contributed by atoms with E-state index in [9.17, 15) is 0 Å². The number of aromatic nitrogens is 4. The Balaban J connectivity index is 0.957. The summed E-state index contributed by atoms with van der Waals surface area (Å²) in [6.45, 7) is 0. The smallest absolute Gasteiger partial charge is 0.164 e. The first-order chi connectivity index (χ1) is 28.2. The number of benzene rings is 8. The number of hydrogen-bond acceptors (Lipinski definition) is 5. The van der Waals surface area contributed by atoms with Crippen LogP contribution in [0.2, 0.25) is 0 Å². The number of rotatable bonds is 5. The predicted molar refractivity (Wildman–Crippen MR) is 242 cm³/mol. The van der Waals surface area contributed by atoms with Crippen LogP contribution in [0.25, 0.3) is 113 Å². The standard InChI is InChI=1S/C51H30N4S2/c1-2-11-32(12-3-1)49-52-50(33-23-21-31(22-24-33)36-16-10-17-39-37-13-5-8-19-44(37)56-47(36)39)54-51(53-49)34-25-27-35(28-26-34)55-42-18-7-4-15-41(42)46-43(55)30-29-40-38-14-6-9-20-45(38)57-48(40)46/h1-30H.